The van der Waals surface area contributed by atoms with Gasteiger partial charge in [-0.3, -0.25) is 4.79 Å². The van der Waals surface area contributed by atoms with E-state index in [4.69, 9.17) is 5.73 Å². The first-order valence-corrected chi connectivity index (χ1v) is 5.73. The first-order valence-electron chi connectivity index (χ1n) is 5.73. The Morgan fingerprint density at radius 1 is 1.11 bits per heavy atom. The maximum absolute atomic E-state index is 11.5. The van der Waals surface area contributed by atoms with Crippen molar-refractivity contribution in [3.05, 3.63) is 65.2 Å². The Morgan fingerprint density at radius 2 is 1.78 bits per heavy atom. The van der Waals surface area contributed by atoms with E-state index in [0.29, 0.717) is 5.69 Å². The first kappa shape index (κ1) is 12.2. The average molecular weight is 241 g/mol. The molecule has 3 N–H and O–H groups in total. The summed E-state index contributed by atoms with van der Waals surface area (Å²) in [6, 6.07) is 14.5. The second-order valence-electron chi connectivity index (χ2n) is 4.35. The van der Waals surface area contributed by atoms with Gasteiger partial charge in [0.15, 0.2) is 0 Å². The van der Waals surface area contributed by atoms with Crippen LogP contribution in [0, 0.1) is 6.92 Å². The smallest absolute Gasteiger partial charge is 0.315 e. The van der Waals surface area contributed by atoms with Gasteiger partial charge in [-0.25, -0.2) is 0 Å². The van der Waals surface area contributed by atoms with Crippen molar-refractivity contribution < 1.29 is 9.90 Å². The molecule has 0 heterocycles. The molecule has 0 saturated carbocycles. The number of rotatable bonds is 3. The molecule has 0 radical (unpaired) electrons. The molecule has 0 aliphatic rings. The molecule has 0 aliphatic carbocycles. The molecule has 1 atom stereocenters. The number of anilines is 1. The molecule has 2 aromatic rings. The Labute approximate surface area is 106 Å². The van der Waals surface area contributed by atoms with Crippen LogP contribution < -0.4 is 5.73 Å². The molecule has 1 unspecified atom stereocenters. The third-order valence-corrected chi connectivity index (χ3v) is 2.89. The Morgan fingerprint density at radius 3 is 2.33 bits per heavy atom. The summed E-state index contributed by atoms with van der Waals surface area (Å²) in [6.07, 6.45) is 0. The largest absolute Gasteiger partial charge is 0.481 e. The van der Waals surface area contributed by atoms with E-state index >= 15 is 0 Å². The lowest BCUT2D eigenvalue weighted by atomic mass is 9.90. The summed E-state index contributed by atoms with van der Waals surface area (Å²) in [5.41, 5.74) is 8.82. The molecule has 2 aromatic carbocycles. The molecule has 3 heteroatoms. The van der Waals surface area contributed by atoms with E-state index in [2.05, 4.69) is 0 Å². The van der Waals surface area contributed by atoms with Crippen molar-refractivity contribution in [2.45, 2.75) is 12.8 Å². The van der Waals surface area contributed by atoms with E-state index in [0.717, 1.165) is 16.7 Å². The van der Waals surface area contributed by atoms with Crippen molar-refractivity contribution in [1.82, 2.24) is 0 Å². The van der Waals surface area contributed by atoms with Crippen LogP contribution in [0.5, 0.6) is 0 Å². The van der Waals surface area contributed by atoms with E-state index in [1.807, 2.05) is 31.2 Å². The highest BCUT2D eigenvalue weighted by Gasteiger charge is 2.21. The van der Waals surface area contributed by atoms with E-state index in [9.17, 15) is 9.90 Å². The van der Waals surface area contributed by atoms with Crippen LogP contribution in [0.2, 0.25) is 0 Å². The van der Waals surface area contributed by atoms with Gasteiger partial charge in [0.25, 0.3) is 0 Å². The fraction of sp³-hybridized carbons (Fsp3) is 0.133. The number of aryl methyl sites for hydroxylation is 1. The third kappa shape index (κ3) is 2.51. The van der Waals surface area contributed by atoms with Crippen molar-refractivity contribution in [2.75, 3.05) is 5.73 Å². The molecule has 92 valence electrons. The summed E-state index contributed by atoms with van der Waals surface area (Å²) in [7, 11) is 0. The van der Waals surface area contributed by atoms with Gasteiger partial charge in [0.2, 0.25) is 0 Å². The molecule has 2 rings (SSSR count). The Kier molecular flexibility index (Phi) is 3.33. The van der Waals surface area contributed by atoms with Crippen molar-refractivity contribution in [1.29, 1.82) is 0 Å². The van der Waals surface area contributed by atoms with Gasteiger partial charge >= 0.3 is 5.97 Å². The van der Waals surface area contributed by atoms with Crippen LogP contribution in [0.4, 0.5) is 5.69 Å². The maximum atomic E-state index is 11.5. The van der Waals surface area contributed by atoms with Crippen LogP contribution >= 0.6 is 0 Å². The molecule has 0 spiro atoms. The molecule has 0 aromatic heterocycles. The van der Waals surface area contributed by atoms with Crippen molar-refractivity contribution >= 4 is 11.7 Å². The average Bonchev–Trinajstić information content (AvgIpc) is 2.32. The zero-order valence-corrected chi connectivity index (χ0v) is 10.1. The van der Waals surface area contributed by atoms with Crippen molar-refractivity contribution in [2.24, 2.45) is 0 Å². The SMILES string of the molecule is Cc1cccc(C(C(=O)O)c2ccc(N)cc2)c1. The minimum absolute atomic E-state index is 0.632. The fourth-order valence-corrected chi connectivity index (χ4v) is 2.02. The topological polar surface area (TPSA) is 63.3 Å². The first-order chi connectivity index (χ1) is 8.58. The normalized spacial score (nSPS) is 12.1. The number of carboxylic acid groups (broad SMARTS) is 1. The summed E-state index contributed by atoms with van der Waals surface area (Å²) in [5.74, 6) is -1.50. The summed E-state index contributed by atoms with van der Waals surface area (Å²) < 4.78 is 0. The number of aliphatic carboxylic acids is 1. The van der Waals surface area contributed by atoms with Gasteiger partial charge in [-0.15, -0.1) is 0 Å². The van der Waals surface area contributed by atoms with E-state index in [1.54, 1.807) is 24.3 Å². The van der Waals surface area contributed by atoms with Crippen LogP contribution in [-0.2, 0) is 4.79 Å². The summed E-state index contributed by atoms with van der Waals surface area (Å²) in [6.45, 7) is 1.95. The van der Waals surface area contributed by atoms with Crippen LogP contribution in [0.3, 0.4) is 0 Å². The zero-order chi connectivity index (χ0) is 13.1. The van der Waals surface area contributed by atoms with Gasteiger partial charge in [-0.05, 0) is 30.2 Å². The van der Waals surface area contributed by atoms with Crippen LogP contribution in [-0.4, -0.2) is 11.1 Å². The van der Waals surface area contributed by atoms with Crippen molar-refractivity contribution in [3.8, 4) is 0 Å². The minimum Gasteiger partial charge on any atom is -0.481 e. The Bertz CT molecular complexity index is 561. The van der Waals surface area contributed by atoms with Crippen LogP contribution in [0.15, 0.2) is 48.5 Å². The quantitative estimate of drug-likeness (QED) is 0.812. The lowest BCUT2D eigenvalue weighted by molar-refractivity contribution is -0.137. The number of carbonyl (C=O) groups is 1. The van der Waals surface area contributed by atoms with Crippen LogP contribution in [0.1, 0.15) is 22.6 Å². The molecule has 0 aliphatic heterocycles. The standard InChI is InChI=1S/C15H15NO2/c1-10-3-2-4-12(9-10)14(15(17)18)11-5-7-13(16)8-6-11/h2-9,14H,16H2,1H3,(H,17,18). The van der Waals surface area contributed by atoms with E-state index in [-0.39, 0.29) is 0 Å². The molecule has 0 fully saturated rings. The van der Waals surface area contributed by atoms with Gasteiger partial charge in [-0.1, -0.05) is 42.0 Å². The zero-order valence-electron chi connectivity index (χ0n) is 10.1. The predicted octanol–water partition coefficient (Wildman–Crippen LogP) is 2.79. The second-order valence-corrected chi connectivity index (χ2v) is 4.35. The van der Waals surface area contributed by atoms with Gasteiger partial charge in [-0.2, -0.15) is 0 Å². The molecule has 0 bridgehead atoms. The van der Waals surface area contributed by atoms with Gasteiger partial charge in [0.05, 0.1) is 0 Å². The van der Waals surface area contributed by atoms with E-state index < -0.39 is 11.9 Å². The number of carboxylic acids is 1. The fourth-order valence-electron chi connectivity index (χ4n) is 2.02. The number of hydrogen-bond acceptors (Lipinski definition) is 2. The third-order valence-electron chi connectivity index (χ3n) is 2.89. The maximum Gasteiger partial charge on any atom is 0.315 e. The van der Waals surface area contributed by atoms with Crippen molar-refractivity contribution in [3.63, 3.8) is 0 Å². The Balaban J connectivity index is 2.46. The minimum atomic E-state index is -0.856. The molecule has 18 heavy (non-hydrogen) atoms. The predicted molar refractivity (Wildman–Crippen MR) is 71.5 cm³/mol. The number of hydrogen-bond donors (Lipinski definition) is 2. The number of benzene rings is 2. The number of nitrogen functional groups attached to an aromatic ring is 1. The van der Waals surface area contributed by atoms with Gasteiger partial charge in [0.1, 0.15) is 5.92 Å². The molecule has 3 nitrogen and oxygen atoms in total. The van der Waals surface area contributed by atoms with E-state index in [1.165, 1.54) is 0 Å². The molecule has 0 saturated heterocycles. The summed E-state index contributed by atoms with van der Waals surface area (Å²) in [5, 5.41) is 9.41. The van der Waals surface area contributed by atoms with Gasteiger partial charge < -0.3 is 10.8 Å². The lowest BCUT2D eigenvalue weighted by Crippen LogP contribution is -2.13. The Hall–Kier alpha value is -2.29. The van der Waals surface area contributed by atoms with Gasteiger partial charge in [0, 0.05) is 5.69 Å². The molecular weight excluding hydrogens is 226 g/mol. The summed E-state index contributed by atoms with van der Waals surface area (Å²) >= 11 is 0. The highest BCUT2D eigenvalue weighted by molar-refractivity contribution is 5.80. The monoisotopic (exact) mass is 241 g/mol. The van der Waals surface area contributed by atoms with Crippen LogP contribution in [0.25, 0.3) is 0 Å². The second kappa shape index (κ2) is 4.92. The lowest BCUT2D eigenvalue weighted by Gasteiger charge is -2.14. The summed E-state index contributed by atoms with van der Waals surface area (Å²) in [4.78, 5) is 11.5. The highest BCUT2D eigenvalue weighted by Crippen LogP contribution is 2.26. The number of nitrogens with two attached hydrogens (primary N) is 1. The molecular formula is C15H15NO2. The highest BCUT2D eigenvalue weighted by atomic mass is 16.4. The molecule has 0 amide bonds.